The van der Waals surface area contributed by atoms with Gasteiger partial charge in [-0.3, -0.25) is 9.96 Å². The number of halogens is 3. The van der Waals surface area contributed by atoms with Gasteiger partial charge in [0, 0.05) is 5.75 Å². The Labute approximate surface area is 141 Å². The smallest absolute Gasteiger partial charge is 0.296 e. The third-order valence-corrected chi connectivity index (χ3v) is 4.51. The van der Waals surface area contributed by atoms with E-state index in [-0.39, 0.29) is 5.17 Å². The van der Waals surface area contributed by atoms with Crippen LogP contribution in [0.15, 0.2) is 30.3 Å². The lowest BCUT2D eigenvalue weighted by molar-refractivity contribution is 0.237. The van der Waals surface area contributed by atoms with Crippen molar-refractivity contribution in [1.82, 2.24) is 0 Å². The fourth-order valence-electron chi connectivity index (χ4n) is 0.904. The number of rotatable bonds is 3. The van der Waals surface area contributed by atoms with Crippen LogP contribution in [0.25, 0.3) is 0 Å². The van der Waals surface area contributed by atoms with Gasteiger partial charge in [0.1, 0.15) is 0 Å². The average molecular weight is 396 g/mol. The molecule has 0 aliphatic rings. The summed E-state index contributed by atoms with van der Waals surface area (Å²) in [5.41, 5.74) is 3.98. The van der Waals surface area contributed by atoms with Crippen LogP contribution in [0.3, 0.4) is 0 Å². The second-order valence-corrected chi connectivity index (χ2v) is 8.41. The second kappa shape index (κ2) is 9.04. The first-order valence-electron chi connectivity index (χ1n) is 5.16. The van der Waals surface area contributed by atoms with Gasteiger partial charge < -0.3 is 10.8 Å². The molecule has 0 aliphatic heterocycles. The third-order valence-electron chi connectivity index (χ3n) is 1.80. The quantitative estimate of drug-likeness (QED) is 0.269. The number of hydrogen-bond donors (Lipinski definition) is 4. The first kappa shape index (κ1) is 20.8. The summed E-state index contributed by atoms with van der Waals surface area (Å²) in [6.07, 6.45) is 0. The van der Waals surface area contributed by atoms with Gasteiger partial charge in [0.25, 0.3) is 10.1 Å². The zero-order valence-electron chi connectivity index (χ0n) is 10.4. The molecular formula is C10H13Cl3N2O4S2. The fraction of sp³-hybridized carbons (Fsp3) is 0.300. The summed E-state index contributed by atoms with van der Waals surface area (Å²) >= 11 is 16.1. The molecule has 6 nitrogen and oxygen atoms in total. The van der Waals surface area contributed by atoms with Crippen molar-refractivity contribution < 1.29 is 18.1 Å². The molecule has 0 heterocycles. The highest BCUT2D eigenvalue weighted by molar-refractivity contribution is 8.13. The molecule has 11 heteroatoms. The second-order valence-electron chi connectivity index (χ2n) is 3.55. The molecule has 0 fully saturated rings. The highest BCUT2D eigenvalue weighted by Gasteiger charge is 2.40. The van der Waals surface area contributed by atoms with Crippen molar-refractivity contribution in [3.8, 4) is 0 Å². The maximum Gasteiger partial charge on any atom is 0.296 e. The SMILES string of the molecule is N=C(N)SCc1ccccc1.O=S(=O)(O)C(O)C(Cl)(Cl)Cl. The van der Waals surface area contributed by atoms with Gasteiger partial charge in [-0.2, -0.15) is 8.42 Å². The highest BCUT2D eigenvalue weighted by atomic mass is 35.6. The van der Waals surface area contributed by atoms with E-state index in [9.17, 15) is 8.42 Å². The van der Waals surface area contributed by atoms with Gasteiger partial charge in [0.2, 0.25) is 9.23 Å². The van der Waals surface area contributed by atoms with Crippen molar-refractivity contribution in [2.45, 2.75) is 15.0 Å². The number of aliphatic hydroxyl groups excluding tert-OH is 1. The first-order chi connectivity index (χ1) is 9.44. The number of amidine groups is 1. The Morgan fingerprint density at radius 2 is 1.81 bits per heavy atom. The molecule has 0 bridgehead atoms. The number of benzene rings is 1. The summed E-state index contributed by atoms with van der Waals surface area (Å²) in [5, 5.41) is 15.6. The van der Waals surface area contributed by atoms with Gasteiger partial charge in [-0.25, -0.2) is 0 Å². The predicted octanol–water partition coefficient (Wildman–Crippen LogP) is 2.38. The van der Waals surface area contributed by atoms with E-state index in [0.29, 0.717) is 0 Å². The maximum atomic E-state index is 10.0. The molecule has 0 saturated carbocycles. The molecule has 0 saturated heterocycles. The van der Waals surface area contributed by atoms with Crippen LogP contribution in [-0.4, -0.2) is 32.5 Å². The van der Waals surface area contributed by atoms with Gasteiger partial charge in [0.05, 0.1) is 0 Å². The zero-order valence-corrected chi connectivity index (χ0v) is 14.3. The van der Waals surface area contributed by atoms with Crippen LogP contribution >= 0.6 is 46.6 Å². The zero-order chi connectivity index (χ0) is 16.7. The van der Waals surface area contributed by atoms with Crippen LogP contribution in [0.4, 0.5) is 0 Å². The Morgan fingerprint density at radius 3 is 2.10 bits per heavy atom. The molecule has 0 amide bonds. The number of nitrogens with one attached hydrogen (secondary N) is 1. The minimum absolute atomic E-state index is 0.175. The molecule has 1 aromatic carbocycles. The van der Waals surface area contributed by atoms with Crippen molar-refractivity contribution in [1.29, 1.82) is 5.41 Å². The highest BCUT2D eigenvalue weighted by Crippen LogP contribution is 2.32. The standard InChI is InChI=1S/C8H10N2S.C2H3Cl3O4S/c9-8(10)11-6-7-4-2-1-3-5-7;3-2(4,5)1(6)10(7,8)9/h1-5H,6H2,(H3,9,10);1,6H,(H,7,8,9). The monoisotopic (exact) mass is 394 g/mol. The van der Waals surface area contributed by atoms with Crippen LogP contribution in [0.2, 0.25) is 0 Å². The number of hydrogen-bond acceptors (Lipinski definition) is 5. The van der Waals surface area contributed by atoms with E-state index in [2.05, 4.69) is 0 Å². The van der Waals surface area contributed by atoms with Crippen molar-refractivity contribution in [3.63, 3.8) is 0 Å². The molecule has 0 aliphatic carbocycles. The van der Waals surface area contributed by atoms with Crippen LogP contribution in [-0.2, 0) is 15.9 Å². The van der Waals surface area contributed by atoms with E-state index in [1.54, 1.807) is 0 Å². The lowest BCUT2D eigenvalue weighted by Gasteiger charge is -2.14. The number of thioether (sulfide) groups is 1. The Hall–Kier alpha value is -0.220. The van der Waals surface area contributed by atoms with Crippen molar-refractivity contribution in [2.24, 2.45) is 5.73 Å². The lowest BCUT2D eigenvalue weighted by Crippen LogP contribution is -2.33. The van der Waals surface area contributed by atoms with Crippen LogP contribution in [0.5, 0.6) is 0 Å². The average Bonchev–Trinajstić information content (AvgIpc) is 2.35. The van der Waals surface area contributed by atoms with E-state index < -0.39 is 19.3 Å². The molecule has 1 atom stereocenters. The Morgan fingerprint density at radius 1 is 1.33 bits per heavy atom. The molecule has 1 rings (SSSR count). The van der Waals surface area contributed by atoms with Crippen molar-refractivity contribution in [3.05, 3.63) is 35.9 Å². The predicted molar refractivity (Wildman–Crippen MR) is 87.5 cm³/mol. The number of nitrogens with two attached hydrogens (primary N) is 1. The van der Waals surface area contributed by atoms with E-state index in [0.717, 1.165) is 5.75 Å². The summed E-state index contributed by atoms with van der Waals surface area (Å²) in [4.78, 5) is 0. The maximum absolute atomic E-state index is 10.0. The van der Waals surface area contributed by atoms with Gasteiger partial charge in [-0.1, -0.05) is 76.9 Å². The largest absolute Gasteiger partial charge is 0.379 e. The van der Waals surface area contributed by atoms with Crippen LogP contribution in [0.1, 0.15) is 5.56 Å². The summed E-state index contributed by atoms with van der Waals surface area (Å²) in [6, 6.07) is 9.99. The molecule has 120 valence electrons. The molecule has 0 spiro atoms. The molecule has 0 radical (unpaired) electrons. The van der Waals surface area contributed by atoms with Crippen molar-refractivity contribution >= 4 is 61.9 Å². The summed E-state index contributed by atoms with van der Waals surface area (Å²) < 4.78 is 25.7. The van der Waals surface area contributed by atoms with E-state index in [1.165, 1.54) is 17.3 Å². The number of alkyl halides is 3. The number of aliphatic hydroxyl groups is 1. The molecule has 0 aromatic heterocycles. The van der Waals surface area contributed by atoms with Crippen LogP contribution < -0.4 is 5.73 Å². The minimum atomic E-state index is -4.70. The summed E-state index contributed by atoms with van der Waals surface area (Å²) in [6.45, 7) is 0. The third kappa shape index (κ3) is 10.2. The summed E-state index contributed by atoms with van der Waals surface area (Å²) in [7, 11) is -4.70. The lowest BCUT2D eigenvalue weighted by atomic mass is 10.2. The van der Waals surface area contributed by atoms with E-state index in [4.69, 9.17) is 55.6 Å². The summed E-state index contributed by atoms with van der Waals surface area (Å²) in [5.74, 6) is 0.788. The molecule has 1 aromatic rings. The fourth-order valence-corrected chi connectivity index (χ4v) is 2.77. The normalized spacial score (nSPS) is 13.0. The Kier molecular flexibility index (Phi) is 8.94. The van der Waals surface area contributed by atoms with Gasteiger partial charge in [-0.05, 0) is 5.56 Å². The van der Waals surface area contributed by atoms with Crippen molar-refractivity contribution in [2.75, 3.05) is 0 Å². The Balaban J connectivity index is 0.000000384. The van der Waals surface area contributed by atoms with E-state index in [1.807, 2.05) is 30.3 Å². The van der Waals surface area contributed by atoms with Gasteiger partial charge in [-0.15, -0.1) is 0 Å². The van der Waals surface area contributed by atoms with Gasteiger partial charge >= 0.3 is 0 Å². The molecule has 21 heavy (non-hydrogen) atoms. The minimum Gasteiger partial charge on any atom is -0.379 e. The molecule has 1 unspecified atom stereocenters. The Bertz CT molecular complexity index is 549. The van der Waals surface area contributed by atoms with Crippen LogP contribution in [0, 0.1) is 5.41 Å². The van der Waals surface area contributed by atoms with E-state index >= 15 is 0 Å². The van der Waals surface area contributed by atoms with Gasteiger partial charge in [0.15, 0.2) is 5.17 Å². The first-order valence-corrected chi connectivity index (χ1v) is 8.78. The molecular weight excluding hydrogens is 383 g/mol. The topological polar surface area (TPSA) is 124 Å². The molecule has 5 N–H and O–H groups in total.